The summed E-state index contributed by atoms with van der Waals surface area (Å²) in [4.78, 5) is 0. The van der Waals surface area contributed by atoms with Crippen molar-refractivity contribution in [3.63, 3.8) is 0 Å². The fourth-order valence-corrected chi connectivity index (χ4v) is 0. The van der Waals surface area contributed by atoms with Crippen molar-refractivity contribution in [1.29, 1.82) is 0 Å². The van der Waals surface area contributed by atoms with Crippen molar-refractivity contribution in [2.75, 3.05) is 0 Å². The average molecular weight is 109 g/mol. The monoisotopic (exact) mass is 109 g/mol. The zero-order chi connectivity index (χ0) is 5.21. The standard InChI is InChI=1S/BH2O4S/c2-1-6(3,4)5/h2H,(H,3,4,5). The first-order valence-electron chi connectivity index (χ1n) is 1.01. The van der Waals surface area contributed by atoms with E-state index in [1.54, 1.807) is 0 Å². The lowest BCUT2D eigenvalue weighted by Crippen LogP contribution is -2.05. The predicted molar refractivity (Wildman–Crippen MR) is 19.5 cm³/mol. The van der Waals surface area contributed by atoms with Crippen LogP contribution in [0.3, 0.4) is 0 Å². The van der Waals surface area contributed by atoms with E-state index in [9.17, 15) is 8.42 Å². The molecule has 0 heterocycles. The third-order valence-electron chi connectivity index (χ3n) is 0.133. The highest BCUT2D eigenvalue weighted by atomic mass is 32.2. The Hall–Kier alpha value is -0.0651. The van der Waals surface area contributed by atoms with Crippen LogP contribution in [0.5, 0.6) is 0 Å². The minimum Gasteiger partial charge on any atom is -0.439 e. The van der Waals surface area contributed by atoms with Crippen LogP contribution < -0.4 is 0 Å². The van der Waals surface area contributed by atoms with E-state index >= 15 is 0 Å². The fourth-order valence-electron chi connectivity index (χ4n) is 0. The SMILES string of the molecule is O=S(=O)(O)[B]O. The Balaban J connectivity index is 3.85. The van der Waals surface area contributed by atoms with Crippen molar-refractivity contribution < 1.29 is 18.0 Å². The Kier molecular flexibility index (Phi) is 1.57. The van der Waals surface area contributed by atoms with Gasteiger partial charge >= 0.3 is 6.76 Å². The van der Waals surface area contributed by atoms with Crippen LogP contribution in [0.2, 0.25) is 0 Å². The van der Waals surface area contributed by atoms with Crippen LogP contribution in [0, 0.1) is 0 Å². The van der Waals surface area contributed by atoms with Crippen molar-refractivity contribution in [3.8, 4) is 0 Å². The third-order valence-corrected chi connectivity index (χ3v) is 0.400. The lowest BCUT2D eigenvalue weighted by atomic mass is 10.6. The summed E-state index contributed by atoms with van der Waals surface area (Å²) in [6.07, 6.45) is 0. The summed E-state index contributed by atoms with van der Waals surface area (Å²) in [5.74, 6) is 0. The zero-order valence-corrected chi connectivity index (χ0v) is 3.51. The van der Waals surface area contributed by atoms with E-state index in [-0.39, 0.29) is 6.76 Å². The molecule has 0 rings (SSSR count). The Morgan fingerprint density at radius 2 is 1.67 bits per heavy atom. The average Bonchev–Trinajstić information content (AvgIpc) is 1.35. The van der Waals surface area contributed by atoms with Crippen LogP contribution in [-0.4, -0.2) is 24.8 Å². The molecular formula is H2BO4S. The van der Waals surface area contributed by atoms with Crippen molar-refractivity contribution in [1.82, 2.24) is 0 Å². The van der Waals surface area contributed by atoms with Gasteiger partial charge in [0, 0.05) is 0 Å². The molecule has 0 amide bonds. The van der Waals surface area contributed by atoms with Gasteiger partial charge in [-0.2, -0.15) is 0 Å². The minimum atomic E-state index is -4.23. The van der Waals surface area contributed by atoms with E-state index in [1.807, 2.05) is 0 Å². The maximum absolute atomic E-state index is 9.25. The van der Waals surface area contributed by atoms with Crippen LogP contribution in [0.25, 0.3) is 0 Å². The molecule has 0 aromatic heterocycles. The second-order valence-electron chi connectivity index (χ2n) is 0.620. The van der Waals surface area contributed by atoms with Gasteiger partial charge in [0.1, 0.15) is 0 Å². The Morgan fingerprint density at radius 1 is 1.50 bits per heavy atom. The first-order chi connectivity index (χ1) is 2.56. The number of hydrogen-bond acceptors (Lipinski definition) is 3. The van der Waals surface area contributed by atoms with Crippen LogP contribution in [-0.2, 0) is 9.97 Å². The first kappa shape index (κ1) is 5.93. The van der Waals surface area contributed by atoms with Crippen molar-refractivity contribution >= 4 is 16.7 Å². The van der Waals surface area contributed by atoms with Gasteiger partial charge in [-0.25, -0.2) is 8.42 Å². The van der Waals surface area contributed by atoms with Crippen molar-refractivity contribution in [2.45, 2.75) is 0 Å². The molecule has 0 unspecified atom stereocenters. The normalized spacial score (nSPS) is 11.0. The summed E-state index contributed by atoms with van der Waals surface area (Å²) < 4.78 is 26.0. The van der Waals surface area contributed by atoms with Gasteiger partial charge in [-0.3, -0.25) is 4.55 Å². The van der Waals surface area contributed by atoms with Gasteiger partial charge in [-0.1, -0.05) is 0 Å². The lowest BCUT2D eigenvalue weighted by Gasteiger charge is -1.76. The highest BCUT2D eigenvalue weighted by Gasteiger charge is 2.02. The lowest BCUT2D eigenvalue weighted by molar-refractivity contribution is 0.490. The summed E-state index contributed by atoms with van der Waals surface area (Å²) in [6, 6.07) is 0. The maximum atomic E-state index is 9.25. The van der Waals surface area contributed by atoms with E-state index in [2.05, 4.69) is 0 Å². The van der Waals surface area contributed by atoms with Gasteiger partial charge in [0.25, 0.3) is 0 Å². The molecule has 0 aliphatic heterocycles. The van der Waals surface area contributed by atoms with Crippen molar-refractivity contribution in [3.05, 3.63) is 0 Å². The fraction of sp³-hybridized carbons (Fsp3) is 0. The molecule has 0 saturated heterocycles. The predicted octanol–water partition coefficient (Wildman–Crippen LogP) is -1.60. The molecule has 6 heavy (non-hydrogen) atoms. The van der Waals surface area contributed by atoms with Gasteiger partial charge in [0.2, 0.25) is 9.97 Å². The van der Waals surface area contributed by atoms with Crippen molar-refractivity contribution in [2.24, 2.45) is 0 Å². The first-order valence-corrected chi connectivity index (χ1v) is 2.51. The summed E-state index contributed by atoms with van der Waals surface area (Å²) in [5, 5.41) is 7.44. The number of hydrogen-bond donors (Lipinski definition) is 2. The van der Waals surface area contributed by atoms with Gasteiger partial charge in [-0.15, -0.1) is 0 Å². The number of rotatable bonds is 1. The smallest absolute Gasteiger partial charge is 0.439 e. The van der Waals surface area contributed by atoms with E-state index in [4.69, 9.17) is 9.58 Å². The molecule has 0 spiro atoms. The van der Waals surface area contributed by atoms with Gasteiger partial charge in [-0.05, 0) is 0 Å². The molecule has 0 aromatic rings. The second-order valence-corrected chi connectivity index (χ2v) is 1.86. The summed E-state index contributed by atoms with van der Waals surface area (Å²) in [5.41, 5.74) is 0. The molecule has 0 fully saturated rings. The van der Waals surface area contributed by atoms with Crippen LogP contribution in [0.4, 0.5) is 0 Å². The molecular weight excluding hydrogens is 107 g/mol. The summed E-state index contributed by atoms with van der Waals surface area (Å²) in [6.45, 7) is -0.285. The Morgan fingerprint density at radius 3 is 1.67 bits per heavy atom. The third kappa shape index (κ3) is 3.93. The molecule has 4 nitrogen and oxygen atoms in total. The Bertz CT molecular complexity index is 110. The molecule has 2 N–H and O–H groups in total. The van der Waals surface area contributed by atoms with Crippen LogP contribution in [0.15, 0.2) is 0 Å². The van der Waals surface area contributed by atoms with E-state index in [1.165, 1.54) is 0 Å². The highest BCUT2D eigenvalue weighted by molar-refractivity contribution is 8.09. The summed E-state index contributed by atoms with van der Waals surface area (Å²) in [7, 11) is -4.23. The molecule has 35 valence electrons. The van der Waals surface area contributed by atoms with Gasteiger partial charge in [0.05, 0.1) is 0 Å². The molecule has 0 aromatic carbocycles. The van der Waals surface area contributed by atoms with Gasteiger partial charge < -0.3 is 5.02 Å². The summed E-state index contributed by atoms with van der Waals surface area (Å²) >= 11 is 0. The molecule has 6 heteroatoms. The molecule has 0 aliphatic carbocycles. The molecule has 0 aliphatic rings. The van der Waals surface area contributed by atoms with E-state index < -0.39 is 9.97 Å². The van der Waals surface area contributed by atoms with E-state index in [0.717, 1.165) is 0 Å². The Labute approximate surface area is 35.7 Å². The van der Waals surface area contributed by atoms with E-state index in [0.29, 0.717) is 0 Å². The van der Waals surface area contributed by atoms with Crippen LogP contribution >= 0.6 is 0 Å². The zero-order valence-electron chi connectivity index (χ0n) is 2.70. The molecule has 1 radical (unpaired) electrons. The minimum absolute atomic E-state index is 0.285. The van der Waals surface area contributed by atoms with Gasteiger partial charge in [0.15, 0.2) is 0 Å². The molecule has 0 saturated carbocycles. The quantitative estimate of drug-likeness (QED) is 0.314. The molecule has 0 bridgehead atoms. The largest absolute Gasteiger partial charge is 0.490 e. The highest BCUT2D eigenvalue weighted by Crippen LogP contribution is 1.67. The van der Waals surface area contributed by atoms with Crippen LogP contribution in [0.1, 0.15) is 0 Å². The topological polar surface area (TPSA) is 74.6 Å². The maximum Gasteiger partial charge on any atom is 0.490 e. The molecule has 0 atom stereocenters. The second kappa shape index (κ2) is 1.59.